The van der Waals surface area contributed by atoms with Crippen LogP contribution in [0.2, 0.25) is 0 Å². The second-order valence-corrected chi connectivity index (χ2v) is 6.24. The smallest absolute Gasteiger partial charge is 0.147 e. The molecular formula is C16H21ClN2O. The molecule has 1 aliphatic rings. The maximum Gasteiger partial charge on any atom is 0.147 e. The Morgan fingerprint density at radius 1 is 1.40 bits per heavy atom. The maximum absolute atomic E-state index is 6.10. The third kappa shape index (κ3) is 2.28. The van der Waals surface area contributed by atoms with Crippen LogP contribution in [0.1, 0.15) is 38.9 Å². The van der Waals surface area contributed by atoms with Crippen LogP contribution in [0.5, 0.6) is 5.75 Å². The average Bonchev–Trinajstić information content (AvgIpc) is 2.76. The van der Waals surface area contributed by atoms with Gasteiger partial charge in [-0.1, -0.05) is 19.4 Å². The summed E-state index contributed by atoms with van der Waals surface area (Å²) in [7, 11) is 0. The number of hydrogen-bond donors (Lipinski definition) is 0. The third-order valence-electron chi connectivity index (χ3n) is 4.34. The van der Waals surface area contributed by atoms with Crippen molar-refractivity contribution in [1.82, 2.24) is 9.55 Å². The SMILES string of the molecule is CCOc1cccc2c1nc(CCl)n2CC1(C)CCC1. The van der Waals surface area contributed by atoms with Gasteiger partial charge in [0.25, 0.3) is 0 Å². The minimum atomic E-state index is 0.399. The summed E-state index contributed by atoms with van der Waals surface area (Å²) in [4.78, 5) is 4.70. The van der Waals surface area contributed by atoms with Crippen molar-refractivity contribution in [3.8, 4) is 5.75 Å². The first kappa shape index (κ1) is 13.7. The molecule has 0 saturated heterocycles. The number of rotatable bonds is 5. The molecule has 20 heavy (non-hydrogen) atoms. The molecular weight excluding hydrogens is 272 g/mol. The number of hydrogen-bond acceptors (Lipinski definition) is 2. The van der Waals surface area contributed by atoms with Gasteiger partial charge in [0.05, 0.1) is 18.0 Å². The molecule has 1 aromatic heterocycles. The molecule has 0 radical (unpaired) electrons. The first-order valence-electron chi connectivity index (χ1n) is 7.34. The van der Waals surface area contributed by atoms with Crippen LogP contribution in [0.15, 0.2) is 18.2 Å². The summed E-state index contributed by atoms with van der Waals surface area (Å²) in [6, 6.07) is 6.13. The number of aromatic nitrogens is 2. The maximum atomic E-state index is 6.10. The van der Waals surface area contributed by atoms with Gasteiger partial charge in [-0.3, -0.25) is 0 Å². The Labute approximate surface area is 124 Å². The molecule has 0 spiro atoms. The molecule has 0 atom stereocenters. The number of ether oxygens (including phenoxy) is 1. The lowest BCUT2D eigenvalue weighted by molar-refractivity contribution is 0.133. The zero-order valence-corrected chi connectivity index (χ0v) is 12.9. The number of nitrogens with zero attached hydrogens (tertiary/aromatic N) is 2. The van der Waals surface area contributed by atoms with Crippen LogP contribution >= 0.6 is 11.6 Å². The Balaban J connectivity index is 2.07. The zero-order chi connectivity index (χ0) is 14.2. The predicted octanol–water partition coefficient (Wildman–Crippen LogP) is 4.36. The minimum absolute atomic E-state index is 0.399. The Kier molecular flexibility index (Phi) is 3.63. The summed E-state index contributed by atoms with van der Waals surface area (Å²) in [5, 5.41) is 0. The fourth-order valence-electron chi connectivity index (χ4n) is 3.04. The first-order chi connectivity index (χ1) is 9.67. The number of benzene rings is 1. The number of alkyl halides is 1. The number of imidazole rings is 1. The molecule has 1 saturated carbocycles. The van der Waals surface area contributed by atoms with Crippen LogP contribution in [0.4, 0.5) is 0 Å². The second-order valence-electron chi connectivity index (χ2n) is 5.97. The van der Waals surface area contributed by atoms with Gasteiger partial charge in [0, 0.05) is 6.54 Å². The van der Waals surface area contributed by atoms with Crippen LogP contribution in [0.3, 0.4) is 0 Å². The Morgan fingerprint density at radius 2 is 2.20 bits per heavy atom. The molecule has 4 heteroatoms. The molecule has 0 N–H and O–H groups in total. The highest BCUT2D eigenvalue weighted by Crippen LogP contribution is 2.43. The van der Waals surface area contributed by atoms with Crippen molar-refractivity contribution in [2.75, 3.05) is 6.61 Å². The van der Waals surface area contributed by atoms with E-state index in [4.69, 9.17) is 21.3 Å². The van der Waals surface area contributed by atoms with E-state index in [0.29, 0.717) is 17.9 Å². The molecule has 2 aromatic rings. The third-order valence-corrected chi connectivity index (χ3v) is 4.58. The normalized spacial score (nSPS) is 17.1. The lowest BCUT2D eigenvalue weighted by atomic mass is 9.70. The highest BCUT2D eigenvalue weighted by Gasteiger charge is 2.33. The van der Waals surface area contributed by atoms with Gasteiger partial charge in [-0.2, -0.15) is 0 Å². The molecule has 3 rings (SSSR count). The van der Waals surface area contributed by atoms with Crippen LogP contribution in [-0.4, -0.2) is 16.2 Å². The zero-order valence-electron chi connectivity index (χ0n) is 12.2. The van der Waals surface area contributed by atoms with Gasteiger partial charge in [0.15, 0.2) is 0 Å². The number of para-hydroxylation sites is 1. The molecule has 1 fully saturated rings. The van der Waals surface area contributed by atoms with Crippen molar-refractivity contribution in [1.29, 1.82) is 0 Å². The number of fused-ring (bicyclic) bond motifs is 1. The van der Waals surface area contributed by atoms with E-state index in [1.807, 2.05) is 19.1 Å². The van der Waals surface area contributed by atoms with E-state index in [1.54, 1.807) is 0 Å². The van der Waals surface area contributed by atoms with Gasteiger partial charge < -0.3 is 9.30 Å². The van der Waals surface area contributed by atoms with E-state index >= 15 is 0 Å². The van der Waals surface area contributed by atoms with Crippen LogP contribution in [0.25, 0.3) is 11.0 Å². The lowest BCUT2D eigenvalue weighted by Crippen LogP contribution is -2.31. The van der Waals surface area contributed by atoms with E-state index in [2.05, 4.69) is 17.6 Å². The predicted molar refractivity (Wildman–Crippen MR) is 82.4 cm³/mol. The van der Waals surface area contributed by atoms with E-state index in [-0.39, 0.29) is 0 Å². The average molecular weight is 293 g/mol. The molecule has 1 aliphatic carbocycles. The molecule has 108 valence electrons. The van der Waals surface area contributed by atoms with Crippen LogP contribution < -0.4 is 4.74 Å². The van der Waals surface area contributed by atoms with E-state index < -0.39 is 0 Å². The highest BCUT2D eigenvalue weighted by atomic mass is 35.5. The van der Waals surface area contributed by atoms with Gasteiger partial charge in [-0.15, -0.1) is 11.6 Å². The summed E-state index contributed by atoms with van der Waals surface area (Å²) < 4.78 is 7.97. The largest absolute Gasteiger partial charge is 0.492 e. The topological polar surface area (TPSA) is 27.1 Å². The van der Waals surface area contributed by atoms with E-state index in [0.717, 1.165) is 29.2 Å². The Bertz CT molecular complexity index is 616. The van der Waals surface area contributed by atoms with Gasteiger partial charge in [-0.25, -0.2) is 4.98 Å². The molecule has 0 bridgehead atoms. The molecule has 3 nitrogen and oxygen atoms in total. The number of halogens is 1. The highest BCUT2D eigenvalue weighted by molar-refractivity contribution is 6.16. The lowest BCUT2D eigenvalue weighted by Gasteiger charge is -2.39. The quantitative estimate of drug-likeness (QED) is 0.766. The van der Waals surface area contributed by atoms with Gasteiger partial charge >= 0.3 is 0 Å². The molecule has 1 aromatic carbocycles. The van der Waals surface area contributed by atoms with Crippen molar-refractivity contribution in [3.05, 3.63) is 24.0 Å². The molecule has 0 unspecified atom stereocenters. The Hall–Kier alpha value is -1.22. The first-order valence-corrected chi connectivity index (χ1v) is 7.87. The summed E-state index contributed by atoms with van der Waals surface area (Å²) in [6.07, 6.45) is 3.92. The van der Waals surface area contributed by atoms with E-state index in [1.165, 1.54) is 19.3 Å². The van der Waals surface area contributed by atoms with Crippen molar-refractivity contribution in [2.45, 2.75) is 45.5 Å². The second kappa shape index (κ2) is 5.28. The standard InChI is InChI=1S/C16H21ClN2O/c1-3-20-13-7-4-6-12-15(13)18-14(10-17)19(12)11-16(2)8-5-9-16/h4,6-7H,3,5,8-11H2,1-2H3. The van der Waals surface area contributed by atoms with E-state index in [9.17, 15) is 0 Å². The summed E-state index contributed by atoms with van der Waals surface area (Å²) >= 11 is 6.10. The fraction of sp³-hybridized carbons (Fsp3) is 0.562. The van der Waals surface area contributed by atoms with Crippen molar-refractivity contribution in [2.24, 2.45) is 5.41 Å². The van der Waals surface area contributed by atoms with Crippen molar-refractivity contribution < 1.29 is 4.74 Å². The van der Waals surface area contributed by atoms with Crippen LogP contribution in [0, 0.1) is 5.41 Å². The summed E-state index contributed by atoms with van der Waals surface area (Å²) in [5.74, 6) is 2.24. The van der Waals surface area contributed by atoms with Crippen LogP contribution in [-0.2, 0) is 12.4 Å². The fourth-order valence-corrected chi connectivity index (χ4v) is 3.24. The minimum Gasteiger partial charge on any atom is -0.492 e. The summed E-state index contributed by atoms with van der Waals surface area (Å²) in [5.41, 5.74) is 2.48. The van der Waals surface area contributed by atoms with Crippen molar-refractivity contribution in [3.63, 3.8) is 0 Å². The Morgan fingerprint density at radius 3 is 2.80 bits per heavy atom. The molecule has 0 amide bonds. The monoisotopic (exact) mass is 292 g/mol. The van der Waals surface area contributed by atoms with Gasteiger partial charge in [-0.05, 0) is 37.3 Å². The van der Waals surface area contributed by atoms with Gasteiger partial charge in [0.2, 0.25) is 0 Å². The molecule has 1 heterocycles. The van der Waals surface area contributed by atoms with Gasteiger partial charge in [0.1, 0.15) is 17.1 Å². The molecule has 0 aliphatic heterocycles. The van der Waals surface area contributed by atoms with Crippen molar-refractivity contribution >= 4 is 22.6 Å². The summed E-state index contributed by atoms with van der Waals surface area (Å²) in [6.45, 7) is 6.00.